The van der Waals surface area contributed by atoms with Crippen LogP contribution < -0.4 is 0 Å². The first-order chi connectivity index (χ1) is 7.79. The molecule has 0 aliphatic carbocycles. The summed E-state index contributed by atoms with van der Waals surface area (Å²) in [6, 6.07) is 10.2. The van der Waals surface area contributed by atoms with Gasteiger partial charge in [-0.05, 0) is 43.6 Å². The van der Waals surface area contributed by atoms with E-state index < -0.39 is 0 Å². The highest BCUT2D eigenvalue weighted by atomic mass is 35.5. The van der Waals surface area contributed by atoms with Gasteiger partial charge in [0.2, 0.25) is 0 Å². The van der Waals surface area contributed by atoms with Crippen molar-refractivity contribution >= 4 is 11.6 Å². The summed E-state index contributed by atoms with van der Waals surface area (Å²) in [5.41, 5.74) is 1.14. The van der Waals surface area contributed by atoms with E-state index in [1.165, 1.54) is 12.8 Å². The van der Waals surface area contributed by atoms with Crippen LogP contribution in [0.15, 0.2) is 24.3 Å². The third-order valence-corrected chi connectivity index (χ3v) is 3.28. The molecule has 1 aromatic rings. The molecule has 2 nitrogen and oxygen atoms in total. The van der Waals surface area contributed by atoms with Crippen LogP contribution in [-0.2, 0) is 6.42 Å². The maximum Gasteiger partial charge on any atom is 0.102 e. The van der Waals surface area contributed by atoms with Crippen LogP contribution >= 0.6 is 11.6 Å². The third kappa shape index (κ3) is 2.75. The Morgan fingerprint density at radius 1 is 1.38 bits per heavy atom. The zero-order valence-corrected chi connectivity index (χ0v) is 9.95. The molecule has 1 aliphatic heterocycles. The molecular formula is C13H15ClN2. The van der Waals surface area contributed by atoms with Crippen molar-refractivity contribution in [1.82, 2.24) is 4.90 Å². The highest BCUT2D eigenvalue weighted by molar-refractivity contribution is 6.30. The van der Waals surface area contributed by atoms with Crippen LogP contribution in [0.5, 0.6) is 0 Å². The van der Waals surface area contributed by atoms with Gasteiger partial charge < -0.3 is 0 Å². The summed E-state index contributed by atoms with van der Waals surface area (Å²) in [7, 11) is 0. The van der Waals surface area contributed by atoms with Crippen LogP contribution in [0.1, 0.15) is 18.4 Å². The number of likely N-dealkylation sites (tertiary alicyclic amines) is 1. The molecule has 1 atom stereocenters. The second kappa shape index (κ2) is 5.34. The summed E-state index contributed by atoms with van der Waals surface area (Å²) < 4.78 is 0. The zero-order chi connectivity index (χ0) is 11.4. The molecule has 0 aromatic heterocycles. The van der Waals surface area contributed by atoms with Crippen molar-refractivity contribution < 1.29 is 0 Å². The first-order valence-electron chi connectivity index (χ1n) is 5.68. The van der Waals surface area contributed by atoms with E-state index in [4.69, 9.17) is 11.6 Å². The molecule has 0 bridgehead atoms. The monoisotopic (exact) mass is 234 g/mol. The highest BCUT2D eigenvalue weighted by Crippen LogP contribution is 2.17. The average molecular weight is 235 g/mol. The van der Waals surface area contributed by atoms with Crippen LogP contribution in [-0.4, -0.2) is 24.0 Å². The molecule has 3 heteroatoms. The molecule has 16 heavy (non-hydrogen) atoms. The Morgan fingerprint density at radius 3 is 2.75 bits per heavy atom. The van der Waals surface area contributed by atoms with Crippen LogP contribution in [0.2, 0.25) is 5.02 Å². The summed E-state index contributed by atoms with van der Waals surface area (Å²) in [6.07, 6.45) is 3.21. The van der Waals surface area contributed by atoms with Crippen molar-refractivity contribution in [3.05, 3.63) is 34.9 Å². The Labute approximate surface area is 101 Å². The number of benzene rings is 1. The summed E-state index contributed by atoms with van der Waals surface area (Å²) in [5, 5.41) is 9.94. The van der Waals surface area contributed by atoms with Gasteiger partial charge in [0.15, 0.2) is 0 Å². The number of halogens is 1. The lowest BCUT2D eigenvalue weighted by Crippen LogP contribution is -2.33. The van der Waals surface area contributed by atoms with Crippen molar-refractivity contribution in [3.63, 3.8) is 0 Å². The van der Waals surface area contributed by atoms with Gasteiger partial charge >= 0.3 is 0 Å². The maximum absolute atomic E-state index is 9.19. The molecule has 1 unspecified atom stereocenters. The molecule has 1 aromatic carbocycles. The van der Waals surface area contributed by atoms with Gasteiger partial charge in [-0.3, -0.25) is 4.90 Å². The molecule has 1 aliphatic rings. The van der Waals surface area contributed by atoms with E-state index in [-0.39, 0.29) is 6.04 Å². The van der Waals surface area contributed by atoms with Gasteiger partial charge in [0, 0.05) is 11.4 Å². The van der Waals surface area contributed by atoms with Gasteiger partial charge in [-0.2, -0.15) is 5.26 Å². The van der Waals surface area contributed by atoms with E-state index in [2.05, 4.69) is 11.0 Å². The molecule has 0 spiro atoms. The first-order valence-corrected chi connectivity index (χ1v) is 6.05. The molecule has 84 valence electrons. The molecule has 0 amide bonds. The smallest absolute Gasteiger partial charge is 0.102 e. The predicted molar refractivity (Wildman–Crippen MR) is 65.4 cm³/mol. The molecule has 2 rings (SSSR count). The lowest BCUT2D eigenvalue weighted by atomic mass is 10.1. The molecule has 0 saturated carbocycles. The fourth-order valence-corrected chi connectivity index (χ4v) is 2.41. The average Bonchev–Trinajstić information content (AvgIpc) is 2.79. The van der Waals surface area contributed by atoms with Crippen LogP contribution in [0.3, 0.4) is 0 Å². The van der Waals surface area contributed by atoms with E-state index >= 15 is 0 Å². The van der Waals surface area contributed by atoms with Gasteiger partial charge in [-0.15, -0.1) is 0 Å². The number of nitrogens with zero attached hydrogens (tertiary/aromatic N) is 2. The SMILES string of the molecule is N#CC(Cc1cccc(Cl)c1)N1CCCC1. The number of rotatable bonds is 3. The van der Waals surface area contributed by atoms with Crippen molar-refractivity contribution in [1.29, 1.82) is 5.26 Å². The minimum absolute atomic E-state index is 0.000895. The second-order valence-corrected chi connectivity index (χ2v) is 4.66. The maximum atomic E-state index is 9.19. The van der Waals surface area contributed by atoms with Gasteiger partial charge in [0.05, 0.1) is 6.07 Å². The minimum atomic E-state index is 0.000895. The van der Waals surface area contributed by atoms with Gasteiger partial charge in [0.1, 0.15) is 6.04 Å². The topological polar surface area (TPSA) is 27.0 Å². The van der Waals surface area contributed by atoms with Crippen molar-refractivity contribution in [2.45, 2.75) is 25.3 Å². The number of hydrogen-bond acceptors (Lipinski definition) is 2. The molecule has 0 radical (unpaired) electrons. The van der Waals surface area contributed by atoms with E-state index in [9.17, 15) is 5.26 Å². The first kappa shape index (κ1) is 11.4. The lowest BCUT2D eigenvalue weighted by molar-refractivity contribution is 0.288. The van der Waals surface area contributed by atoms with Crippen LogP contribution in [0, 0.1) is 11.3 Å². The third-order valence-electron chi connectivity index (χ3n) is 3.05. The van der Waals surface area contributed by atoms with E-state index in [0.717, 1.165) is 30.1 Å². The second-order valence-electron chi connectivity index (χ2n) is 4.22. The molecule has 0 N–H and O–H groups in total. The standard InChI is InChI=1S/C13H15ClN2/c14-12-5-3-4-11(8-12)9-13(10-15)16-6-1-2-7-16/h3-5,8,13H,1-2,6-7,9H2. The van der Waals surface area contributed by atoms with E-state index in [1.54, 1.807) is 0 Å². The predicted octanol–water partition coefficient (Wildman–Crippen LogP) is 2.87. The fourth-order valence-electron chi connectivity index (χ4n) is 2.20. The van der Waals surface area contributed by atoms with Gasteiger partial charge in [-0.1, -0.05) is 23.7 Å². The highest BCUT2D eigenvalue weighted by Gasteiger charge is 2.21. The van der Waals surface area contributed by atoms with Crippen molar-refractivity contribution in [2.75, 3.05) is 13.1 Å². The molecule has 1 fully saturated rings. The Balaban J connectivity index is 2.04. The number of hydrogen-bond donors (Lipinski definition) is 0. The van der Waals surface area contributed by atoms with Gasteiger partial charge in [-0.25, -0.2) is 0 Å². The normalized spacial score (nSPS) is 18.2. The lowest BCUT2D eigenvalue weighted by Gasteiger charge is -2.21. The van der Waals surface area contributed by atoms with Crippen LogP contribution in [0.4, 0.5) is 0 Å². The van der Waals surface area contributed by atoms with E-state index in [0.29, 0.717) is 0 Å². The Bertz CT molecular complexity index is 391. The minimum Gasteiger partial charge on any atom is -0.288 e. The molecule has 1 saturated heterocycles. The Hall–Kier alpha value is -1.04. The number of nitriles is 1. The quantitative estimate of drug-likeness (QED) is 0.804. The van der Waals surface area contributed by atoms with Crippen LogP contribution in [0.25, 0.3) is 0 Å². The summed E-state index contributed by atoms with van der Waals surface area (Å²) in [6.45, 7) is 2.11. The Kier molecular flexibility index (Phi) is 3.82. The summed E-state index contributed by atoms with van der Waals surface area (Å²) >= 11 is 5.93. The molecular weight excluding hydrogens is 220 g/mol. The zero-order valence-electron chi connectivity index (χ0n) is 9.19. The summed E-state index contributed by atoms with van der Waals surface area (Å²) in [5.74, 6) is 0. The largest absolute Gasteiger partial charge is 0.288 e. The fraction of sp³-hybridized carbons (Fsp3) is 0.462. The van der Waals surface area contributed by atoms with Crippen molar-refractivity contribution in [2.24, 2.45) is 0 Å². The van der Waals surface area contributed by atoms with Gasteiger partial charge in [0.25, 0.3) is 0 Å². The molecule has 1 heterocycles. The summed E-state index contributed by atoms with van der Waals surface area (Å²) in [4.78, 5) is 2.26. The van der Waals surface area contributed by atoms with Crippen molar-refractivity contribution in [3.8, 4) is 6.07 Å². The Morgan fingerprint density at radius 2 is 2.12 bits per heavy atom. The van der Waals surface area contributed by atoms with E-state index in [1.807, 2.05) is 24.3 Å².